The molecule has 0 aromatic heterocycles. The molecule has 1 rings (SSSR count). The van der Waals surface area contributed by atoms with Crippen molar-refractivity contribution in [2.75, 3.05) is 6.54 Å². The minimum absolute atomic E-state index is 0.0105. The van der Waals surface area contributed by atoms with E-state index in [1.165, 1.54) is 0 Å². The van der Waals surface area contributed by atoms with Crippen molar-refractivity contribution in [1.82, 2.24) is 4.90 Å². The second-order valence-electron chi connectivity index (χ2n) is 5.34. The number of nitrogens with zero attached hydrogens (tertiary/aromatic N) is 1. The summed E-state index contributed by atoms with van der Waals surface area (Å²) in [4.78, 5) is 12.8. The van der Waals surface area contributed by atoms with E-state index < -0.39 is 33.4 Å². The van der Waals surface area contributed by atoms with E-state index in [4.69, 9.17) is 4.74 Å². The van der Waals surface area contributed by atoms with Crippen molar-refractivity contribution >= 4 is 16.2 Å². The lowest BCUT2D eigenvalue weighted by atomic mass is 10.2. The molecule has 1 aliphatic heterocycles. The molecular formula is C11H16F3NO5S. The van der Waals surface area contributed by atoms with Crippen LogP contribution >= 0.6 is 0 Å². The Morgan fingerprint density at radius 3 is 2.24 bits per heavy atom. The average molecular weight is 331 g/mol. The summed E-state index contributed by atoms with van der Waals surface area (Å²) in [5.41, 5.74) is -6.18. The minimum Gasteiger partial charge on any atom is -0.443 e. The molecule has 21 heavy (non-hydrogen) atoms. The lowest BCUT2D eigenvalue weighted by molar-refractivity contribution is -0.0566. The van der Waals surface area contributed by atoms with Gasteiger partial charge in [-0.15, -0.1) is 0 Å². The summed E-state index contributed by atoms with van der Waals surface area (Å²) in [6.45, 7) is 4.99. The first kappa shape index (κ1) is 17.8. The Hall–Kier alpha value is -1.29. The van der Waals surface area contributed by atoms with Crippen LogP contribution < -0.4 is 0 Å². The van der Waals surface area contributed by atoms with Gasteiger partial charge in [0, 0.05) is 12.7 Å². The van der Waals surface area contributed by atoms with E-state index in [0.717, 1.165) is 17.2 Å². The van der Waals surface area contributed by atoms with Gasteiger partial charge in [0.05, 0.1) is 6.10 Å². The number of carbonyl (C=O) groups is 1. The maximum absolute atomic E-state index is 12.2. The number of rotatable bonds is 2. The third kappa shape index (κ3) is 5.20. The maximum atomic E-state index is 12.2. The maximum Gasteiger partial charge on any atom is 0.523 e. The smallest absolute Gasteiger partial charge is 0.443 e. The van der Waals surface area contributed by atoms with Gasteiger partial charge < -0.3 is 4.74 Å². The van der Waals surface area contributed by atoms with Gasteiger partial charge in [-0.2, -0.15) is 21.6 Å². The van der Waals surface area contributed by atoms with Crippen molar-refractivity contribution in [3.05, 3.63) is 12.3 Å². The largest absolute Gasteiger partial charge is 0.523 e. The topological polar surface area (TPSA) is 72.9 Å². The number of halogens is 3. The van der Waals surface area contributed by atoms with Gasteiger partial charge >= 0.3 is 21.7 Å². The fourth-order valence-corrected chi connectivity index (χ4v) is 2.00. The summed E-state index contributed by atoms with van der Waals surface area (Å²) in [5, 5.41) is 0. The Bertz CT molecular complexity index is 521. The number of hydrogen-bond acceptors (Lipinski definition) is 5. The van der Waals surface area contributed by atoms with E-state index in [1.807, 2.05) is 0 Å². The summed E-state index contributed by atoms with van der Waals surface area (Å²) >= 11 is 0. The van der Waals surface area contributed by atoms with Gasteiger partial charge in [0.25, 0.3) is 0 Å². The Balaban J connectivity index is 2.65. The van der Waals surface area contributed by atoms with Crippen LogP contribution in [0.3, 0.4) is 0 Å². The monoisotopic (exact) mass is 331 g/mol. The lowest BCUT2D eigenvalue weighted by Crippen LogP contribution is -2.38. The van der Waals surface area contributed by atoms with E-state index >= 15 is 0 Å². The van der Waals surface area contributed by atoms with Crippen molar-refractivity contribution in [2.24, 2.45) is 0 Å². The second kappa shape index (κ2) is 5.84. The van der Waals surface area contributed by atoms with Crippen molar-refractivity contribution in [2.45, 2.75) is 44.4 Å². The van der Waals surface area contributed by atoms with Crippen LogP contribution in [0.15, 0.2) is 12.3 Å². The number of amides is 1. The highest BCUT2D eigenvalue weighted by Gasteiger charge is 2.48. The quantitative estimate of drug-likeness (QED) is 0.574. The minimum atomic E-state index is -5.65. The standard InChI is InChI=1S/C11H16F3NO5S/c1-10(2,3)19-9(16)15-6-4-8(5-7-15)20-21(17,18)11(12,13)14/h4,6,8H,5,7H2,1-3H3. The first-order valence-corrected chi connectivity index (χ1v) is 7.40. The van der Waals surface area contributed by atoms with E-state index in [0.29, 0.717) is 0 Å². The number of alkyl halides is 3. The van der Waals surface area contributed by atoms with E-state index in [-0.39, 0.29) is 13.0 Å². The van der Waals surface area contributed by atoms with E-state index in [1.54, 1.807) is 20.8 Å². The van der Waals surface area contributed by atoms with Crippen molar-refractivity contribution in [1.29, 1.82) is 0 Å². The Morgan fingerprint density at radius 1 is 1.29 bits per heavy atom. The molecule has 1 aliphatic rings. The van der Waals surface area contributed by atoms with Crippen LogP contribution in [0, 0.1) is 0 Å². The molecule has 0 aliphatic carbocycles. The van der Waals surface area contributed by atoms with E-state index in [9.17, 15) is 26.4 Å². The van der Waals surface area contributed by atoms with Crippen molar-refractivity contribution in [3.63, 3.8) is 0 Å². The van der Waals surface area contributed by atoms with Crippen molar-refractivity contribution in [3.8, 4) is 0 Å². The Morgan fingerprint density at radius 2 is 1.86 bits per heavy atom. The summed E-state index contributed by atoms with van der Waals surface area (Å²) in [7, 11) is -5.65. The lowest BCUT2D eigenvalue weighted by Gasteiger charge is -2.28. The highest BCUT2D eigenvalue weighted by molar-refractivity contribution is 7.87. The molecule has 122 valence electrons. The summed E-state index contributed by atoms with van der Waals surface area (Å²) in [5.74, 6) is 0. The molecule has 0 N–H and O–H groups in total. The first-order chi connectivity index (χ1) is 9.32. The second-order valence-corrected chi connectivity index (χ2v) is 6.90. The molecule has 1 amide bonds. The zero-order valence-electron chi connectivity index (χ0n) is 11.7. The molecule has 0 bridgehead atoms. The molecule has 0 spiro atoms. The van der Waals surface area contributed by atoms with Crippen LogP contribution in [-0.2, 0) is 19.0 Å². The SMILES string of the molecule is CC(C)(C)OC(=O)N1C=CC(OS(=O)(=O)C(F)(F)F)CC1. The number of carbonyl (C=O) groups excluding carboxylic acids is 1. The van der Waals surface area contributed by atoms with Crippen LogP contribution in [0.2, 0.25) is 0 Å². The molecule has 6 nitrogen and oxygen atoms in total. The number of ether oxygens (including phenoxy) is 1. The highest BCUT2D eigenvalue weighted by Crippen LogP contribution is 2.27. The van der Waals surface area contributed by atoms with Gasteiger partial charge in [-0.1, -0.05) is 0 Å². The predicted molar refractivity (Wildman–Crippen MR) is 66.5 cm³/mol. The molecule has 1 heterocycles. The van der Waals surface area contributed by atoms with Gasteiger partial charge in [-0.25, -0.2) is 4.79 Å². The predicted octanol–water partition coefficient (Wildman–Crippen LogP) is 2.38. The Kier molecular flexibility index (Phi) is 4.94. The third-order valence-corrected chi connectivity index (χ3v) is 3.36. The molecule has 0 radical (unpaired) electrons. The Labute approximate surface area is 120 Å². The van der Waals surface area contributed by atoms with Gasteiger partial charge in [0.1, 0.15) is 5.60 Å². The van der Waals surface area contributed by atoms with Crippen molar-refractivity contribution < 1.29 is 35.3 Å². The molecule has 10 heteroatoms. The summed E-state index contributed by atoms with van der Waals surface area (Å²) < 4.78 is 67.3. The summed E-state index contributed by atoms with van der Waals surface area (Å²) in [6.07, 6.45) is 0.182. The first-order valence-electron chi connectivity index (χ1n) is 5.99. The average Bonchev–Trinajstić information content (AvgIpc) is 2.25. The zero-order chi connectivity index (χ0) is 16.5. The molecule has 0 aromatic rings. The van der Waals surface area contributed by atoms with Crippen LogP contribution in [0.5, 0.6) is 0 Å². The molecule has 1 atom stereocenters. The molecule has 1 unspecified atom stereocenters. The van der Waals surface area contributed by atoms with Gasteiger partial charge in [-0.3, -0.25) is 9.08 Å². The molecule has 0 aromatic carbocycles. The molecule has 0 saturated carbocycles. The normalized spacial score (nSPS) is 20.5. The van der Waals surface area contributed by atoms with Gasteiger partial charge in [0.15, 0.2) is 0 Å². The summed E-state index contributed by atoms with van der Waals surface area (Å²) in [6, 6.07) is 0. The van der Waals surface area contributed by atoms with Crippen LogP contribution in [-0.4, -0.2) is 43.2 Å². The molecular weight excluding hydrogens is 315 g/mol. The van der Waals surface area contributed by atoms with Gasteiger partial charge in [-0.05, 0) is 33.3 Å². The highest BCUT2D eigenvalue weighted by atomic mass is 32.2. The fourth-order valence-electron chi connectivity index (χ4n) is 1.41. The molecule has 0 fully saturated rings. The fraction of sp³-hybridized carbons (Fsp3) is 0.727. The zero-order valence-corrected chi connectivity index (χ0v) is 12.5. The third-order valence-electron chi connectivity index (χ3n) is 2.30. The van der Waals surface area contributed by atoms with Crippen LogP contribution in [0.1, 0.15) is 27.2 Å². The number of hydrogen-bond donors (Lipinski definition) is 0. The van der Waals surface area contributed by atoms with E-state index in [2.05, 4.69) is 4.18 Å². The van der Waals surface area contributed by atoms with Gasteiger partial charge in [0.2, 0.25) is 0 Å². The van der Waals surface area contributed by atoms with Crippen LogP contribution in [0.4, 0.5) is 18.0 Å². The molecule has 0 saturated heterocycles. The van der Waals surface area contributed by atoms with Crippen LogP contribution in [0.25, 0.3) is 0 Å².